The fraction of sp³-hybridized carbons (Fsp3) is 0.385. The molecule has 0 aromatic carbocycles. The first-order valence-corrected chi connectivity index (χ1v) is 6.71. The van der Waals surface area contributed by atoms with Crippen LogP contribution >= 0.6 is 22.9 Å². The van der Waals surface area contributed by atoms with E-state index >= 15 is 0 Å². The molecule has 0 bridgehead atoms. The zero-order chi connectivity index (χ0) is 11.7. The summed E-state index contributed by atoms with van der Waals surface area (Å²) < 4.78 is 0.882. The predicted octanol–water partition coefficient (Wildman–Crippen LogP) is 4.63. The van der Waals surface area contributed by atoms with Crippen LogP contribution in [0.3, 0.4) is 0 Å². The Kier molecular flexibility index (Phi) is 3.41. The number of halogens is 1. The van der Waals surface area contributed by atoms with Crippen molar-refractivity contribution in [3.8, 4) is 0 Å². The first kappa shape index (κ1) is 11.7. The average molecular weight is 254 g/mol. The van der Waals surface area contributed by atoms with Crippen molar-refractivity contribution >= 4 is 22.9 Å². The normalized spacial score (nSPS) is 19.3. The van der Waals surface area contributed by atoms with Gasteiger partial charge in [-0.1, -0.05) is 31.2 Å². The minimum absolute atomic E-state index is 0.573. The Balaban J connectivity index is 1.85. The van der Waals surface area contributed by atoms with E-state index in [1.165, 1.54) is 16.3 Å². The van der Waals surface area contributed by atoms with Gasteiger partial charge in [0.1, 0.15) is 0 Å². The van der Waals surface area contributed by atoms with Gasteiger partial charge in [0.2, 0.25) is 0 Å². The highest BCUT2D eigenvalue weighted by atomic mass is 35.5. The van der Waals surface area contributed by atoms with Gasteiger partial charge in [0.05, 0.1) is 15.7 Å². The van der Waals surface area contributed by atoms with Crippen LogP contribution in [0.4, 0.5) is 0 Å². The number of hydrogen-bond donors (Lipinski definition) is 0. The maximum Gasteiger partial charge on any atom is 0.0931 e. The van der Waals surface area contributed by atoms with Crippen molar-refractivity contribution < 1.29 is 0 Å². The molecular weight excluding hydrogens is 238 g/mol. The second-order valence-corrected chi connectivity index (χ2v) is 5.85. The number of allylic oxidation sites excluding steroid dienone is 1. The van der Waals surface area contributed by atoms with Crippen LogP contribution in [0.15, 0.2) is 36.2 Å². The topological polar surface area (TPSA) is 3.01 Å². The SMILES string of the molecule is C=C1/C(=C\C)N1CCC(C)c1ccc(Cl)s1. The lowest BCUT2D eigenvalue weighted by Gasteiger charge is -2.09. The summed E-state index contributed by atoms with van der Waals surface area (Å²) in [4.78, 5) is 3.64. The Labute approximate surface area is 106 Å². The monoisotopic (exact) mass is 253 g/mol. The van der Waals surface area contributed by atoms with Gasteiger partial charge in [-0.05, 0) is 31.4 Å². The zero-order valence-electron chi connectivity index (χ0n) is 9.66. The van der Waals surface area contributed by atoms with E-state index in [9.17, 15) is 0 Å². The lowest BCUT2D eigenvalue weighted by Crippen LogP contribution is -2.02. The molecular formula is C13H16ClNS. The molecule has 1 aliphatic rings. The number of hydrogen-bond acceptors (Lipinski definition) is 2. The zero-order valence-corrected chi connectivity index (χ0v) is 11.2. The lowest BCUT2D eigenvalue weighted by molar-refractivity contribution is 0.541. The second kappa shape index (κ2) is 4.64. The number of nitrogens with zero attached hydrogens (tertiary/aromatic N) is 1. The van der Waals surface area contributed by atoms with Gasteiger partial charge >= 0.3 is 0 Å². The summed E-state index contributed by atoms with van der Waals surface area (Å²) >= 11 is 7.62. The minimum atomic E-state index is 0.573. The van der Waals surface area contributed by atoms with Crippen LogP contribution in [0.25, 0.3) is 0 Å². The molecule has 1 fully saturated rings. The molecule has 16 heavy (non-hydrogen) atoms. The molecule has 0 amide bonds. The van der Waals surface area contributed by atoms with Gasteiger partial charge in [-0.25, -0.2) is 0 Å². The quantitative estimate of drug-likeness (QED) is 0.707. The molecule has 0 saturated carbocycles. The van der Waals surface area contributed by atoms with E-state index in [4.69, 9.17) is 11.6 Å². The van der Waals surface area contributed by atoms with E-state index in [0.29, 0.717) is 5.92 Å². The molecule has 3 heteroatoms. The van der Waals surface area contributed by atoms with Gasteiger partial charge in [-0.15, -0.1) is 11.3 Å². The molecule has 2 rings (SSSR count). The van der Waals surface area contributed by atoms with Crippen LogP contribution in [-0.2, 0) is 0 Å². The third-order valence-electron chi connectivity index (χ3n) is 3.00. The molecule has 1 unspecified atom stereocenters. The lowest BCUT2D eigenvalue weighted by atomic mass is 10.1. The van der Waals surface area contributed by atoms with Gasteiger partial charge in [0, 0.05) is 11.4 Å². The molecule has 1 saturated heterocycles. The van der Waals surface area contributed by atoms with Crippen molar-refractivity contribution in [1.29, 1.82) is 0 Å². The van der Waals surface area contributed by atoms with Crippen molar-refractivity contribution in [2.24, 2.45) is 0 Å². The molecule has 1 atom stereocenters. The number of thiophene rings is 1. The summed E-state index contributed by atoms with van der Waals surface area (Å²) in [5, 5.41) is 0. The Morgan fingerprint density at radius 3 is 2.81 bits per heavy atom. The van der Waals surface area contributed by atoms with Crippen molar-refractivity contribution in [3.63, 3.8) is 0 Å². The third kappa shape index (κ3) is 2.33. The fourth-order valence-electron chi connectivity index (χ4n) is 1.89. The highest BCUT2D eigenvalue weighted by Gasteiger charge is 2.30. The first-order chi connectivity index (χ1) is 7.63. The Morgan fingerprint density at radius 1 is 1.56 bits per heavy atom. The second-order valence-electron chi connectivity index (χ2n) is 4.10. The molecule has 0 spiro atoms. The van der Waals surface area contributed by atoms with E-state index < -0.39 is 0 Å². The predicted molar refractivity (Wildman–Crippen MR) is 72.0 cm³/mol. The van der Waals surface area contributed by atoms with Crippen molar-refractivity contribution in [2.45, 2.75) is 26.2 Å². The largest absolute Gasteiger partial charge is 0.339 e. The average Bonchev–Trinajstić information content (AvgIpc) is 2.67. The molecule has 1 aromatic rings. The maximum absolute atomic E-state index is 5.93. The van der Waals surface area contributed by atoms with Gasteiger partial charge in [-0.3, -0.25) is 0 Å². The summed E-state index contributed by atoms with van der Waals surface area (Å²) in [5.41, 5.74) is 2.48. The summed E-state index contributed by atoms with van der Waals surface area (Å²) in [6.07, 6.45) is 3.27. The summed E-state index contributed by atoms with van der Waals surface area (Å²) in [7, 11) is 0. The number of rotatable bonds is 4. The van der Waals surface area contributed by atoms with Gasteiger partial charge in [0.15, 0.2) is 0 Å². The van der Waals surface area contributed by atoms with Crippen molar-refractivity contribution in [2.75, 3.05) is 6.54 Å². The minimum Gasteiger partial charge on any atom is -0.339 e. The van der Waals surface area contributed by atoms with Gasteiger partial charge in [0.25, 0.3) is 0 Å². The first-order valence-electron chi connectivity index (χ1n) is 5.52. The molecule has 1 aliphatic heterocycles. The van der Waals surface area contributed by atoms with Crippen LogP contribution in [0.2, 0.25) is 4.34 Å². The molecule has 1 aromatic heterocycles. The molecule has 1 nitrogen and oxygen atoms in total. The Morgan fingerprint density at radius 2 is 2.31 bits per heavy atom. The third-order valence-corrected chi connectivity index (χ3v) is 4.46. The van der Waals surface area contributed by atoms with E-state index in [1.54, 1.807) is 11.3 Å². The molecule has 2 heterocycles. The van der Waals surface area contributed by atoms with Gasteiger partial charge in [-0.2, -0.15) is 0 Å². The molecule has 86 valence electrons. The maximum atomic E-state index is 5.93. The van der Waals surface area contributed by atoms with E-state index in [0.717, 1.165) is 17.3 Å². The van der Waals surface area contributed by atoms with Crippen LogP contribution in [0.5, 0.6) is 0 Å². The van der Waals surface area contributed by atoms with Crippen molar-refractivity contribution in [1.82, 2.24) is 4.90 Å². The highest BCUT2D eigenvalue weighted by Crippen LogP contribution is 2.37. The summed E-state index contributed by atoms with van der Waals surface area (Å²) in [6.45, 7) is 9.37. The van der Waals surface area contributed by atoms with Crippen LogP contribution in [0.1, 0.15) is 31.1 Å². The summed E-state index contributed by atoms with van der Waals surface area (Å²) in [6, 6.07) is 4.11. The Hall–Kier alpha value is -0.730. The summed E-state index contributed by atoms with van der Waals surface area (Å²) in [5.74, 6) is 0.573. The van der Waals surface area contributed by atoms with E-state index in [2.05, 4.69) is 37.5 Å². The van der Waals surface area contributed by atoms with Crippen LogP contribution in [-0.4, -0.2) is 11.4 Å². The highest BCUT2D eigenvalue weighted by molar-refractivity contribution is 7.16. The Bertz CT molecular complexity index is 433. The fourth-order valence-corrected chi connectivity index (χ4v) is 3.04. The van der Waals surface area contributed by atoms with E-state index in [1.807, 2.05) is 6.07 Å². The molecule has 0 N–H and O–H groups in total. The van der Waals surface area contributed by atoms with Crippen LogP contribution < -0.4 is 0 Å². The standard InChI is InChI=1S/C13H16ClNS/c1-4-11-10(3)15(11)8-7-9(2)12-5-6-13(14)16-12/h4-6,9H,3,7-8H2,1-2H3/b11-4+. The van der Waals surface area contributed by atoms with E-state index in [-0.39, 0.29) is 0 Å². The molecule has 0 aliphatic carbocycles. The van der Waals surface area contributed by atoms with Gasteiger partial charge < -0.3 is 4.90 Å². The smallest absolute Gasteiger partial charge is 0.0931 e. The molecule has 0 radical (unpaired) electrons. The van der Waals surface area contributed by atoms with Crippen LogP contribution in [0, 0.1) is 0 Å². The van der Waals surface area contributed by atoms with Crippen molar-refractivity contribution in [3.05, 3.63) is 45.4 Å².